The molecular formula is C31H31NO4. The lowest BCUT2D eigenvalue weighted by Crippen LogP contribution is -2.36. The van der Waals surface area contributed by atoms with E-state index >= 15 is 0 Å². The summed E-state index contributed by atoms with van der Waals surface area (Å²) in [5, 5.41) is 5.54. The standard InChI is InChI=1S/C31H31NO4/c1-3-35-16-17-36-31(34)28-20(2)32-26-18-23(21-10-5-4-6-11-21)19-27(33)30(26)29(28)25-15-9-13-22-12-7-8-14-24(22)25/h4-15,23,29,32H,3,16-19H2,1-2H3/t23-,29-/m1/s1. The number of nitrogens with one attached hydrogen (secondary N) is 1. The van der Waals surface area contributed by atoms with Crippen LogP contribution in [0.4, 0.5) is 0 Å². The Morgan fingerprint density at radius 3 is 2.50 bits per heavy atom. The van der Waals surface area contributed by atoms with Crippen molar-refractivity contribution in [3.8, 4) is 0 Å². The maximum Gasteiger partial charge on any atom is 0.336 e. The summed E-state index contributed by atoms with van der Waals surface area (Å²) in [6.45, 7) is 4.88. The van der Waals surface area contributed by atoms with Gasteiger partial charge in [-0.1, -0.05) is 72.8 Å². The third kappa shape index (κ3) is 4.59. The minimum Gasteiger partial charge on any atom is -0.460 e. The van der Waals surface area contributed by atoms with Crippen LogP contribution in [0.25, 0.3) is 10.8 Å². The van der Waals surface area contributed by atoms with Crippen molar-refractivity contribution in [2.75, 3.05) is 19.8 Å². The van der Waals surface area contributed by atoms with E-state index in [9.17, 15) is 9.59 Å². The molecule has 36 heavy (non-hydrogen) atoms. The molecule has 5 nitrogen and oxygen atoms in total. The van der Waals surface area contributed by atoms with Crippen LogP contribution in [0.1, 0.15) is 49.7 Å². The second-order valence-electron chi connectivity index (χ2n) is 9.33. The van der Waals surface area contributed by atoms with E-state index in [2.05, 4.69) is 35.6 Å². The Hall–Kier alpha value is -3.70. The number of esters is 1. The summed E-state index contributed by atoms with van der Waals surface area (Å²) in [4.78, 5) is 27.3. The molecule has 0 fully saturated rings. The van der Waals surface area contributed by atoms with Gasteiger partial charge in [0.25, 0.3) is 0 Å². The van der Waals surface area contributed by atoms with Gasteiger partial charge in [0.1, 0.15) is 6.61 Å². The van der Waals surface area contributed by atoms with Crippen molar-refractivity contribution in [1.82, 2.24) is 5.32 Å². The van der Waals surface area contributed by atoms with Crippen molar-refractivity contribution in [3.05, 3.63) is 106 Å². The lowest BCUT2D eigenvalue weighted by Gasteiger charge is -2.37. The van der Waals surface area contributed by atoms with E-state index in [0.29, 0.717) is 30.8 Å². The first-order valence-corrected chi connectivity index (χ1v) is 12.6. The molecule has 0 saturated heterocycles. The van der Waals surface area contributed by atoms with Gasteiger partial charge >= 0.3 is 5.97 Å². The molecule has 0 radical (unpaired) electrons. The van der Waals surface area contributed by atoms with E-state index in [1.807, 2.05) is 56.3 Å². The van der Waals surface area contributed by atoms with Gasteiger partial charge in [-0.25, -0.2) is 4.79 Å². The zero-order valence-electron chi connectivity index (χ0n) is 20.8. The number of rotatable bonds is 7. The Balaban J connectivity index is 1.60. The van der Waals surface area contributed by atoms with Crippen LogP contribution < -0.4 is 5.32 Å². The monoisotopic (exact) mass is 481 g/mol. The molecule has 5 heteroatoms. The number of Topliss-reactive ketones (excluding diaryl/α,β-unsaturated/α-hetero) is 1. The molecule has 1 N–H and O–H groups in total. The zero-order chi connectivity index (χ0) is 25.1. The predicted molar refractivity (Wildman–Crippen MR) is 140 cm³/mol. The number of ether oxygens (including phenoxy) is 2. The van der Waals surface area contributed by atoms with Crippen LogP contribution in [0.5, 0.6) is 0 Å². The van der Waals surface area contributed by atoms with Gasteiger partial charge in [0.15, 0.2) is 5.78 Å². The van der Waals surface area contributed by atoms with Crippen LogP contribution >= 0.6 is 0 Å². The van der Waals surface area contributed by atoms with E-state index in [4.69, 9.17) is 9.47 Å². The summed E-state index contributed by atoms with van der Waals surface area (Å²) in [7, 11) is 0. The number of fused-ring (bicyclic) bond motifs is 1. The van der Waals surface area contributed by atoms with Crippen molar-refractivity contribution < 1.29 is 19.1 Å². The van der Waals surface area contributed by atoms with Crippen LogP contribution in [-0.4, -0.2) is 31.6 Å². The Labute approximate surface area is 211 Å². The third-order valence-corrected chi connectivity index (χ3v) is 7.12. The summed E-state index contributed by atoms with van der Waals surface area (Å²) < 4.78 is 11.0. The van der Waals surface area contributed by atoms with E-state index < -0.39 is 11.9 Å². The molecule has 3 aromatic rings. The number of allylic oxidation sites excluding steroid dienone is 3. The number of carbonyl (C=O) groups is 2. The molecule has 0 spiro atoms. The molecule has 0 amide bonds. The maximum absolute atomic E-state index is 13.8. The average Bonchev–Trinajstić information content (AvgIpc) is 2.90. The first kappa shape index (κ1) is 24.0. The molecule has 0 saturated carbocycles. The smallest absolute Gasteiger partial charge is 0.336 e. The molecule has 2 aliphatic rings. The molecule has 0 bridgehead atoms. The first-order valence-electron chi connectivity index (χ1n) is 12.6. The second-order valence-corrected chi connectivity index (χ2v) is 9.33. The van der Waals surface area contributed by atoms with Crippen molar-refractivity contribution in [3.63, 3.8) is 0 Å². The van der Waals surface area contributed by atoms with E-state index in [1.54, 1.807) is 0 Å². The van der Waals surface area contributed by atoms with Gasteiger partial charge in [0.05, 0.1) is 12.2 Å². The third-order valence-electron chi connectivity index (χ3n) is 7.12. The molecule has 1 aliphatic carbocycles. The largest absolute Gasteiger partial charge is 0.460 e. The molecule has 0 aromatic heterocycles. The van der Waals surface area contributed by atoms with Crippen LogP contribution in [0.3, 0.4) is 0 Å². The van der Waals surface area contributed by atoms with Gasteiger partial charge < -0.3 is 14.8 Å². The fourth-order valence-corrected chi connectivity index (χ4v) is 5.50. The highest BCUT2D eigenvalue weighted by Crippen LogP contribution is 2.47. The first-order chi connectivity index (χ1) is 17.6. The van der Waals surface area contributed by atoms with Gasteiger partial charge in [0.2, 0.25) is 0 Å². The molecule has 1 heterocycles. The molecule has 5 rings (SSSR count). The van der Waals surface area contributed by atoms with E-state index in [-0.39, 0.29) is 18.3 Å². The van der Waals surface area contributed by atoms with E-state index in [1.165, 1.54) is 0 Å². The molecule has 1 aliphatic heterocycles. The topological polar surface area (TPSA) is 64.6 Å². The van der Waals surface area contributed by atoms with Gasteiger partial charge in [-0.05, 0) is 48.1 Å². The minimum absolute atomic E-state index is 0.0719. The van der Waals surface area contributed by atoms with E-state index in [0.717, 1.165) is 39.7 Å². The number of dihydropyridines is 1. The fourth-order valence-electron chi connectivity index (χ4n) is 5.50. The Morgan fingerprint density at radius 1 is 0.944 bits per heavy atom. The Morgan fingerprint density at radius 2 is 1.69 bits per heavy atom. The van der Waals surface area contributed by atoms with Crippen LogP contribution in [-0.2, 0) is 19.1 Å². The summed E-state index contributed by atoms with van der Waals surface area (Å²) in [6, 6.07) is 24.4. The quantitative estimate of drug-likeness (QED) is 0.342. The number of hydrogen-bond acceptors (Lipinski definition) is 5. The zero-order valence-corrected chi connectivity index (χ0v) is 20.8. The van der Waals surface area contributed by atoms with Gasteiger partial charge in [0, 0.05) is 35.9 Å². The number of hydrogen-bond donors (Lipinski definition) is 1. The maximum atomic E-state index is 13.8. The lowest BCUT2D eigenvalue weighted by atomic mass is 9.71. The van der Waals surface area contributed by atoms with Gasteiger partial charge in [-0.2, -0.15) is 0 Å². The lowest BCUT2D eigenvalue weighted by molar-refractivity contribution is -0.140. The van der Waals surface area contributed by atoms with Gasteiger partial charge in [-0.15, -0.1) is 0 Å². The highest BCUT2D eigenvalue weighted by atomic mass is 16.6. The number of ketones is 1. The second kappa shape index (κ2) is 10.5. The van der Waals surface area contributed by atoms with Crippen molar-refractivity contribution in [2.45, 2.75) is 38.5 Å². The molecule has 0 unspecified atom stereocenters. The summed E-state index contributed by atoms with van der Waals surface area (Å²) in [5.41, 5.74) is 4.92. The molecule has 3 aromatic carbocycles. The van der Waals surface area contributed by atoms with Gasteiger partial charge in [-0.3, -0.25) is 4.79 Å². The Kier molecular flexibility index (Phi) is 7.01. The summed E-state index contributed by atoms with van der Waals surface area (Å²) in [5.74, 6) is -0.730. The molecule has 184 valence electrons. The van der Waals surface area contributed by atoms with Crippen LogP contribution in [0, 0.1) is 0 Å². The van der Waals surface area contributed by atoms with Crippen LogP contribution in [0.2, 0.25) is 0 Å². The average molecular weight is 482 g/mol. The minimum atomic E-state index is -0.490. The highest BCUT2D eigenvalue weighted by Gasteiger charge is 2.41. The summed E-state index contributed by atoms with van der Waals surface area (Å²) in [6.07, 6.45) is 1.13. The summed E-state index contributed by atoms with van der Waals surface area (Å²) >= 11 is 0. The van der Waals surface area contributed by atoms with Crippen molar-refractivity contribution in [2.24, 2.45) is 0 Å². The molecule has 2 atom stereocenters. The predicted octanol–water partition coefficient (Wildman–Crippen LogP) is 5.78. The Bertz CT molecular complexity index is 1350. The van der Waals surface area contributed by atoms with Crippen molar-refractivity contribution >= 4 is 22.5 Å². The molecular weight excluding hydrogens is 450 g/mol. The fraction of sp³-hybridized carbons (Fsp3) is 0.290. The SMILES string of the molecule is CCOCCOC(=O)C1=C(C)NC2=C(C(=O)C[C@H](c3ccccc3)C2)[C@@H]1c1cccc2ccccc12. The number of benzene rings is 3. The van der Waals surface area contributed by atoms with Crippen LogP contribution in [0.15, 0.2) is 95.3 Å². The van der Waals surface area contributed by atoms with Crippen molar-refractivity contribution in [1.29, 1.82) is 0 Å². The normalized spacial score (nSPS) is 19.8. The number of carbonyl (C=O) groups excluding carboxylic acids is 2. The highest BCUT2D eigenvalue weighted by molar-refractivity contribution is 6.05.